The van der Waals surface area contributed by atoms with Crippen molar-refractivity contribution in [2.24, 2.45) is 0 Å². The number of nitrogens with one attached hydrogen (secondary N) is 2. The Labute approximate surface area is 179 Å². The average molecular weight is 429 g/mol. The van der Waals surface area contributed by atoms with Crippen LogP contribution in [0.3, 0.4) is 0 Å². The van der Waals surface area contributed by atoms with Gasteiger partial charge in [-0.3, -0.25) is 14.1 Å². The van der Waals surface area contributed by atoms with Crippen molar-refractivity contribution in [1.82, 2.24) is 10.6 Å². The van der Waals surface area contributed by atoms with E-state index in [0.717, 1.165) is 5.56 Å². The lowest BCUT2D eigenvalue weighted by atomic mass is 10.0. The van der Waals surface area contributed by atoms with Gasteiger partial charge in [0.25, 0.3) is 0 Å². The van der Waals surface area contributed by atoms with Crippen molar-refractivity contribution in [3.8, 4) is 11.1 Å². The molecule has 2 amide bonds. The Morgan fingerprint density at radius 1 is 1.23 bits per heavy atom. The first-order valence-electron chi connectivity index (χ1n) is 10.0. The van der Waals surface area contributed by atoms with Gasteiger partial charge in [-0.05, 0) is 42.3 Å². The zero-order valence-electron chi connectivity index (χ0n) is 17.3. The summed E-state index contributed by atoms with van der Waals surface area (Å²) in [6.45, 7) is 2.53. The number of nitrogens with zero attached hydrogens (tertiary/aromatic N) is 1. The molecule has 2 aromatic rings. The Morgan fingerprint density at radius 2 is 2.00 bits per heavy atom. The molecule has 31 heavy (non-hydrogen) atoms. The van der Waals surface area contributed by atoms with E-state index in [1.807, 2.05) is 24.3 Å². The molecule has 0 atom stereocenters. The maximum atomic E-state index is 14.9. The van der Waals surface area contributed by atoms with Crippen LogP contribution < -0.4 is 15.5 Å². The summed E-state index contributed by atoms with van der Waals surface area (Å²) in [5.74, 6) is -0.690. The Bertz CT molecular complexity index is 961. The zero-order chi connectivity index (χ0) is 22.2. The van der Waals surface area contributed by atoms with E-state index >= 15 is 0 Å². The van der Waals surface area contributed by atoms with E-state index in [9.17, 15) is 18.4 Å². The third-order valence-corrected chi connectivity index (χ3v) is 4.79. The van der Waals surface area contributed by atoms with Crippen LogP contribution in [0.5, 0.6) is 0 Å². The van der Waals surface area contributed by atoms with Gasteiger partial charge < -0.3 is 15.4 Å². The molecule has 8 heteroatoms. The molecule has 2 N–H and O–H groups in total. The van der Waals surface area contributed by atoms with Gasteiger partial charge in [0.15, 0.2) is 0 Å². The molecule has 0 saturated carbocycles. The number of alkyl halides is 1. The van der Waals surface area contributed by atoms with Crippen molar-refractivity contribution in [1.29, 1.82) is 0 Å². The lowest BCUT2D eigenvalue weighted by Crippen LogP contribution is -2.40. The molecule has 3 rings (SSSR count). The highest BCUT2D eigenvalue weighted by molar-refractivity contribution is 5.90. The fourth-order valence-corrected chi connectivity index (χ4v) is 3.17. The normalized spacial score (nSPS) is 15.1. The van der Waals surface area contributed by atoms with E-state index in [1.54, 1.807) is 12.1 Å². The van der Waals surface area contributed by atoms with Crippen LogP contribution in [0.4, 0.5) is 19.3 Å². The van der Waals surface area contributed by atoms with Gasteiger partial charge in [0.1, 0.15) is 12.4 Å². The molecule has 0 unspecified atom stereocenters. The van der Waals surface area contributed by atoms with Crippen molar-refractivity contribution < 1.29 is 23.1 Å². The fourth-order valence-electron chi connectivity index (χ4n) is 3.17. The summed E-state index contributed by atoms with van der Waals surface area (Å²) < 4.78 is 32.1. The maximum absolute atomic E-state index is 14.9. The topological polar surface area (TPSA) is 70.7 Å². The van der Waals surface area contributed by atoms with Crippen molar-refractivity contribution >= 4 is 17.7 Å². The van der Waals surface area contributed by atoms with Crippen LogP contribution >= 0.6 is 0 Å². The van der Waals surface area contributed by atoms with E-state index in [1.165, 1.54) is 24.1 Å². The van der Waals surface area contributed by atoms with E-state index in [0.29, 0.717) is 41.9 Å². The molecule has 6 nitrogen and oxygen atoms in total. The number of cyclic esters (lactones) is 1. The first kappa shape index (κ1) is 22.4. The number of amides is 2. The van der Waals surface area contributed by atoms with Crippen molar-refractivity contribution in [2.45, 2.75) is 19.9 Å². The van der Waals surface area contributed by atoms with Gasteiger partial charge in [-0.25, -0.2) is 9.18 Å². The second-order valence-electron chi connectivity index (χ2n) is 7.22. The number of ether oxygens (including phenoxy) is 1. The first-order valence-corrected chi connectivity index (χ1v) is 10.0. The summed E-state index contributed by atoms with van der Waals surface area (Å²) in [4.78, 5) is 24.5. The molecule has 0 spiro atoms. The van der Waals surface area contributed by atoms with Crippen LogP contribution in [-0.4, -0.2) is 38.4 Å². The predicted molar refractivity (Wildman–Crippen MR) is 115 cm³/mol. The molecule has 1 saturated heterocycles. The second kappa shape index (κ2) is 10.7. The minimum Gasteiger partial charge on any atom is -0.444 e. The molecule has 1 aliphatic heterocycles. The lowest BCUT2D eigenvalue weighted by Gasteiger charge is -2.28. The minimum atomic E-state index is -0.572. The Hall–Kier alpha value is -3.26. The Morgan fingerprint density at radius 3 is 2.68 bits per heavy atom. The Kier molecular flexibility index (Phi) is 7.72. The van der Waals surface area contributed by atoms with Gasteiger partial charge in [-0.15, -0.1) is 0 Å². The molecule has 0 bridgehead atoms. The third kappa shape index (κ3) is 6.11. The summed E-state index contributed by atoms with van der Waals surface area (Å²) in [6.07, 6.45) is 1.40. The van der Waals surface area contributed by atoms with Crippen LogP contribution in [0.1, 0.15) is 18.9 Å². The van der Waals surface area contributed by atoms with E-state index in [2.05, 4.69) is 10.6 Å². The highest BCUT2D eigenvalue weighted by atomic mass is 19.1. The zero-order valence-corrected chi connectivity index (χ0v) is 17.3. The molecule has 0 aromatic heterocycles. The van der Waals surface area contributed by atoms with E-state index in [4.69, 9.17) is 4.74 Å². The van der Waals surface area contributed by atoms with Gasteiger partial charge in [-0.1, -0.05) is 24.3 Å². The molecular formula is C23H25F2N3O3. The highest BCUT2D eigenvalue weighted by Gasteiger charge is 2.25. The van der Waals surface area contributed by atoms with Gasteiger partial charge in [0, 0.05) is 30.8 Å². The lowest BCUT2D eigenvalue weighted by molar-refractivity contribution is -0.118. The van der Waals surface area contributed by atoms with Crippen molar-refractivity contribution in [3.63, 3.8) is 0 Å². The summed E-state index contributed by atoms with van der Waals surface area (Å²) in [5.41, 5.74) is 3.21. The SMILES string of the molecule is CC(=O)N/C=C1/COC(=O)N(c2ccc(-c3ccc(CNCCCF)cc3)c(F)c2)C1. The highest BCUT2D eigenvalue weighted by Crippen LogP contribution is 2.29. The third-order valence-electron chi connectivity index (χ3n) is 4.79. The number of anilines is 1. The van der Waals surface area contributed by atoms with Gasteiger partial charge in [0.05, 0.1) is 18.9 Å². The summed E-state index contributed by atoms with van der Waals surface area (Å²) in [6, 6.07) is 12.0. The predicted octanol–water partition coefficient (Wildman–Crippen LogP) is 3.92. The quantitative estimate of drug-likeness (QED) is 0.624. The average Bonchev–Trinajstić information content (AvgIpc) is 2.76. The van der Waals surface area contributed by atoms with E-state index in [-0.39, 0.29) is 25.7 Å². The Balaban J connectivity index is 1.71. The fraction of sp³-hybridized carbons (Fsp3) is 0.304. The first-order chi connectivity index (χ1) is 15.0. The smallest absolute Gasteiger partial charge is 0.414 e. The van der Waals surface area contributed by atoms with Gasteiger partial charge in [0.2, 0.25) is 5.91 Å². The molecule has 0 aliphatic carbocycles. The van der Waals surface area contributed by atoms with Gasteiger partial charge in [-0.2, -0.15) is 0 Å². The largest absolute Gasteiger partial charge is 0.444 e. The molecule has 2 aromatic carbocycles. The van der Waals surface area contributed by atoms with Crippen LogP contribution in [0.25, 0.3) is 11.1 Å². The number of carbonyl (C=O) groups excluding carboxylic acids is 2. The number of halogens is 2. The summed E-state index contributed by atoms with van der Waals surface area (Å²) >= 11 is 0. The van der Waals surface area contributed by atoms with Gasteiger partial charge >= 0.3 is 6.09 Å². The standard InChI is InChI=1S/C23H25F2N3O3/c1-16(29)27-13-18-14-28(23(30)31-15-18)20-7-8-21(22(25)11-20)19-5-3-17(4-6-19)12-26-10-2-9-24/h3-8,11,13,26H,2,9-10,12,14-15H2,1H3,(H,27,29)/b18-13+. The number of rotatable bonds is 8. The maximum Gasteiger partial charge on any atom is 0.414 e. The number of benzene rings is 2. The number of carbonyl (C=O) groups is 2. The minimum absolute atomic E-state index is 0.0746. The molecule has 164 valence electrons. The second-order valence-corrected chi connectivity index (χ2v) is 7.22. The molecule has 1 fully saturated rings. The molecule has 0 radical (unpaired) electrons. The van der Waals surface area contributed by atoms with Crippen LogP contribution in [0.2, 0.25) is 0 Å². The van der Waals surface area contributed by atoms with Crippen LogP contribution in [0.15, 0.2) is 54.2 Å². The van der Waals surface area contributed by atoms with Crippen molar-refractivity contribution in [3.05, 3.63) is 65.6 Å². The molecular weight excluding hydrogens is 404 g/mol. The monoisotopic (exact) mass is 429 g/mol. The number of hydrogen-bond acceptors (Lipinski definition) is 4. The number of hydrogen-bond donors (Lipinski definition) is 2. The molecule has 1 aliphatic rings. The summed E-state index contributed by atoms with van der Waals surface area (Å²) in [7, 11) is 0. The van der Waals surface area contributed by atoms with E-state index < -0.39 is 11.9 Å². The van der Waals surface area contributed by atoms with Crippen LogP contribution in [0, 0.1) is 5.82 Å². The van der Waals surface area contributed by atoms with Crippen LogP contribution in [-0.2, 0) is 16.1 Å². The molecule has 1 heterocycles. The summed E-state index contributed by atoms with van der Waals surface area (Å²) in [5, 5.41) is 5.70. The van der Waals surface area contributed by atoms with Crippen molar-refractivity contribution in [2.75, 3.05) is 31.3 Å².